The fourth-order valence-corrected chi connectivity index (χ4v) is 1.98. The number of aliphatic hydroxyl groups is 1. The van der Waals surface area contributed by atoms with Crippen LogP contribution in [0, 0.1) is 0 Å². The summed E-state index contributed by atoms with van der Waals surface area (Å²) in [5, 5.41) is 12.9. The second kappa shape index (κ2) is 6.43. The molecular weight excluding hydrogens is 192 g/mol. The monoisotopic (exact) mass is 216 g/mol. The molecule has 0 spiro atoms. The first-order valence-electron chi connectivity index (χ1n) is 5.78. The van der Waals surface area contributed by atoms with Crippen LogP contribution in [0.5, 0.6) is 0 Å². The van der Waals surface area contributed by atoms with Crippen LogP contribution in [0.1, 0.15) is 20.3 Å². The van der Waals surface area contributed by atoms with Crippen molar-refractivity contribution in [3.63, 3.8) is 0 Å². The van der Waals surface area contributed by atoms with Crippen molar-refractivity contribution >= 4 is 0 Å². The van der Waals surface area contributed by atoms with Crippen LogP contribution in [0.15, 0.2) is 0 Å². The summed E-state index contributed by atoms with van der Waals surface area (Å²) in [4.78, 5) is 2.46. The van der Waals surface area contributed by atoms with Gasteiger partial charge in [0.2, 0.25) is 0 Å². The average molecular weight is 216 g/mol. The van der Waals surface area contributed by atoms with Gasteiger partial charge in [-0.2, -0.15) is 0 Å². The number of hydrogen-bond donors (Lipinski definition) is 2. The predicted molar refractivity (Wildman–Crippen MR) is 61.0 cm³/mol. The maximum Gasteiger partial charge on any atom is 0.0897 e. The van der Waals surface area contributed by atoms with Gasteiger partial charge < -0.3 is 15.2 Å². The van der Waals surface area contributed by atoms with Crippen LogP contribution in [0.2, 0.25) is 0 Å². The first kappa shape index (κ1) is 12.9. The third-order valence-corrected chi connectivity index (χ3v) is 2.95. The van der Waals surface area contributed by atoms with E-state index in [1.807, 2.05) is 0 Å². The number of likely N-dealkylation sites (tertiary alicyclic amines) is 1. The minimum Gasteiger partial charge on any atom is -0.389 e. The van der Waals surface area contributed by atoms with E-state index >= 15 is 0 Å². The Kier molecular flexibility index (Phi) is 5.53. The molecule has 1 heterocycles. The van der Waals surface area contributed by atoms with Gasteiger partial charge in [0, 0.05) is 32.3 Å². The van der Waals surface area contributed by atoms with Gasteiger partial charge in [-0.05, 0) is 26.8 Å². The molecule has 1 rings (SSSR count). The van der Waals surface area contributed by atoms with E-state index in [4.69, 9.17) is 4.74 Å². The summed E-state index contributed by atoms with van der Waals surface area (Å²) in [7, 11) is 1.61. The molecule has 0 bridgehead atoms. The van der Waals surface area contributed by atoms with Crippen LogP contribution >= 0.6 is 0 Å². The summed E-state index contributed by atoms with van der Waals surface area (Å²) in [5.41, 5.74) is 0. The first-order valence-corrected chi connectivity index (χ1v) is 5.78. The Bertz CT molecular complexity index is 176. The summed E-state index contributed by atoms with van der Waals surface area (Å²) in [6.45, 7) is 7.75. The van der Waals surface area contributed by atoms with Crippen molar-refractivity contribution in [2.24, 2.45) is 0 Å². The molecule has 4 nitrogen and oxygen atoms in total. The average Bonchev–Trinajstić information content (AvgIpc) is 2.63. The zero-order valence-electron chi connectivity index (χ0n) is 10.1. The van der Waals surface area contributed by atoms with E-state index in [0.717, 1.165) is 13.1 Å². The molecule has 1 fully saturated rings. The Morgan fingerprint density at radius 1 is 1.53 bits per heavy atom. The van der Waals surface area contributed by atoms with Crippen molar-refractivity contribution in [1.29, 1.82) is 0 Å². The number of rotatable bonds is 6. The number of ether oxygens (including phenoxy) is 1. The van der Waals surface area contributed by atoms with Crippen molar-refractivity contribution in [3.05, 3.63) is 0 Å². The number of methoxy groups -OCH3 is 1. The second-order valence-corrected chi connectivity index (χ2v) is 4.59. The highest BCUT2D eigenvalue weighted by Crippen LogP contribution is 2.11. The van der Waals surface area contributed by atoms with Gasteiger partial charge in [-0.15, -0.1) is 0 Å². The Morgan fingerprint density at radius 2 is 2.27 bits per heavy atom. The summed E-state index contributed by atoms with van der Waals surface area (Å²) < 4.78 is 4.88. The lowest BCUT2D eigenvalue weighted by Gasteiger charge is -2.21. The van der Waals surface area contributed by atoms with Crippen molar-refractivity contribution in [1.82, 2.24) is 10.2 Å². The molecule has 2 unspecified atom stereocenters. The van der Waals surface area contributed by atoms with E-state index in [0.29, 0.717) is 25.2 Å². The molecule has 15 heavy (non-hydrogen) atoms. The van der Waals surface area contributed by atoms with Crippen molar-refractivity contribution in [2.75, 3.05) is 33.4 Å². The van der Waals surface area contributed by atoms with Gasteiger partial charge >= 0.3 is 0 Å². The largest absolute Gasteiger partial charge is 0.389 e. The maximum absolute atomic E-state index is 9.48. The number of aliphatic hydroxyl groups excluding tert-OH is 1. The summed E-state index contributed by atoms with van der Waals surface area (Å²) in [6, 6.07) is 1.15. The zero-order chi connectivity index (χ0) is 11.3. The molecule has 4 heteroatoms. The third kappa shape index (κ3) is 4.47. The van der Waals surface area contributed by atoms with Crippen LogP contribution in [-0.4, -0.2) is 61.5 Å². The number of nitrogens with zero attached hydrogens (tertiary/aromatic N) is 1. The Morgan fingerprint density at radius 3 is 2.80 bits per heavy atom. The minimum atomic E-state index is -0.386. The van der Waals surface area contributed by atoms with Gasteiger partial charge in [0.15, 0.2) is 0 Å². The third-order valence-electron chi connectivity index (χ3n) is 2.95. The van der Waals surface area contributed by atoms with Gasteiger partial charge in [0.05, 0.1) is 12.7 Å². The van der Waals surface area contributed by atoms with Crippen molar-refractivity contribution in [2.45, 2.75) is 38.5 Å². The molecule has 2 atom stereocenters. The smallest absolute Gasteiger partial charge is 0.0897 e. The molecule has 1 aliphatic rings. The maximum atomic E-state index is 9.48. The lowest BCUT2D eigenvalue weighted by Crippen LogP contribution is -2.39. The van der Waals surface area contributed by atoms with E-state index < -0.39 is 0 Å². The normalized spacial score (nSPS) is 25.0. The van der Waals surface area contributed by atoms with E-state index in [-0.39, 0.29) is 6.10 Å². The predicted octanol–water partition coefficient (Wildman–Crippen LogP) is 0.0660. The highest BCUT2D eigenvalue weighted by atomic mass is 16.5. The van der Waals surface area contributed by atoms with Crippen LogP contribution in [-0.2, 0) is 4.74 Å². The molecule has 2 N–H and O–H groups in total. The number of hydrogen-bond acceptors (Lipinski definition) is 4. The van der Waals surface area contributed by atoms with E-state index in [1.54, 1.807) is 7.11 Å². The van der Waals surface area contributed by atoms with Gasteiger partial charge in [0.25, 0.3) is 0 Å². The molecule has 1 saturated heterocycles. The lowest BCUT2D eigenvalue weighted by atomic mass is 10.2. The molecule has 0 aromatic carbocycles. The zero-order valence-corrected chi connectivity index (χ0v) is 10.1. The summed E-state index contributed by atoms with van der Waals surface area (Å²) >= 11 is 0. The number of nitrogens with one attached hydrogen (secondary N) is 1. The highest BCUT2D eigenvalue weighted by Gasteiger charge is 2.23. The molecule has 0 aromatic rings. The molecule has 0 aromatic heterocycles. The van der Waals surface area contributed by atoms with Crippen LogP contribution in [0.25, 0.3) is 0 Å². The Balaban J connectivity index is 2.13. The van der Waals surface area contributed by atoms with Crippen LogP contribution in [0.3, 0.4) is 0 Å². The summed E-state index contributed by atoms with van der Waals surface area (Å²) in [6.07, 6.45) is 0.792. The van der Waals surface area contributed by atoms with Gasteiger partial charge in [0.1, 0.15) is 0 Å². The highest BCUT2D eigenvalue weighted by molar-refractivity contribution is 4.83. The second-order valence-electron chi connectivity index (χ2n) is 4.59. The summed E-state index contributed by atoms with van der Waals surface area (Å²) in [5.74, 6) is 0. The quantitative estimate of drug-likeness (QED) is 0.659. The SMILES string of the molecule is COCC(O)CNC1CCN(C(C)C)C1. The molecule has 0 radical (unpaired) electrons. The molecule has 1 aliphatic heterocycles. The van der Waals surface area contributed by atoms with Gasteiger partial charge in [-0.25, -0.2) is 0 Å². The van der Waals surface area contributed by atoms with Gasteiger partial charge in [-0.1, -0.05) is 0 Å². The lowest BCUT2D eigenvalue weighted by molar-refractivity contribution is 0.0628. The molecule has 0 amide bonds. The van der Waals surface area contributed by atoms with Gasteiger partial charge in [-0.3, -0.25) is 4.90 Å². The fraction of sp³-hybridized carbons (Fsp3) is 1.00. The first-order chi connectivity index (χ1) is 7.13. The Labute approximate surface area is 92.6 Å². The molecule has 0 saturated carbocycles. The van der Waals surface area contributed by atoms with E-state index in [9.17, 15) is 5.11 Å². The van der Waals surface area contributed by atoms with Crippen molar-refractivity contribution < 1.29 is 9.84 Å². The molecular formula is C11H24N2O2. The van der Waals surface area contributed by atoms with E-state index in [2.05, 4.69) is 24.1 Å². The fourth-order valence-electron chi connectivity index (χ4n) is 1.98. The molecule has 90 valence electrons. The minimum absolute atomic E-state index is 0.386. The van der Waals surface area contributed by atoms with Crippen LogP contribution < -0.4 is 5.32 Å². The standard InChI is InChI=1S/C11H24N2O2/c1-9(2)13-5-4-10(7-13)12-6-11(14)8-15-3/h9-12,14H,4-8H2,1-3H3. The van der Waals surface area contributed by atoms with E-state index in [1.165, 1.54) is 6.42 Å². The van der Waals surface area contributed by atoms with Crippen molar-refractivity contribution in [3.8, 4) is 0 Å². The Hall–Kier alpha value is -0.160. The topological polar surface area (TPSA) is 44.7 Å². The molecule has 0 aliphatic carbocycles. The van der Waals surface area contributed by atoms with Crippen LogP contribution in [0.4, 0.5) is 0 Å².